The molecule has 4 rings (SSSR count). The number of ether oxygens (including phenoxy) is 2. The Hall–Kier alpha value is -3.04. The van der Waals surface area contributed by atoms with Crippen molar-refractivity contribution < 1.29 is 14.4 Å². The van der Waals surface area contributed by atoms with Gasteiger partial charge in [-0.15, -0.1) is 20.4 Å². The second-order valence-corrected chi connectivity index (χ2v) is 11.8. The third kappa shape index (κ3) is 9.00. The first-order valence-corrected chi connectivity index (χ1v) is 14.9. The molecule has 0 amide bonds. The van der Waals surface area contributed by atoms with Crippen LogP contribution >= 0.6 is 57.6 Å². The zero-order valence-corrected chi connectivity index (χ0v) is 24.3. The summed E-state index contributed by atoms with van der Waals surface area (Å²) in [4.78, 5) is 14.4. The molecule has 0 bridgehead atoms. The van der Waals surface area contributed by atoms with E-state index in [1.807, 2.05) is 19.1 Å². The lowest BCUT2D eigenvalue weighted by atomic mass is 10.2. The number of benzene rings is 2. The average molecular weight is 627 g/mol. The van der Waals surface area contributed by atoms with Gasteiger partial charge in [0.15, 0.2) is 13.1 Å². The minimum absolute atomic E-state index is 0.0144. The van der Waals surface area contributed by atoms with E-state index in [2.05, 4.69) is 30.7 Å². The summed E-state index contributed by atoms with van der Waals surface area (Å²) in [5.41, 5.74) is 0.810. The predicted molar refractivity (Wildman–Crippen MR) is 157 cm³/mol. The van der Waals surface area contributed by atoms with Crippen LogP contribution in [0.5, 0.6) is 11.5 Å². The fourth-order valence-corrected chi connectivity index (χ4v) is 5.87. The molecule has 0 unspecified atom stereocenters. The van der Waals surface area contributed by atoms with E-state index in [4.69, 9.17) is 32.7 Å². The van der Waals surface area contributed by atoms with Gasteiger partial charge in [-0.05, 0) is 42.2 Å². The maximum atomic E-state index is 10.8. The number of anilines is 1. The largest absolute Gasteiger partial charge is 0.473 e. The number of nitro groups is 1. The molecule has 0 aliphatic rings. The molecule has 2 heterocycles. The van der Waals surface area contributed by atoms with Gasteiger partial charge in [0.2, 0.25) is 10.3 Å². The summed E-state index contributed by atoms with van der Waals surface area (Å²) in [5.74, 6) is 2.81. The summed E-state index contributed by atoms with van der Waals surface area (Å²) in [6.45, 7) is 2.21. The van der Waals surface area contributed by atoms with Gasteiger partial charge in [-0.25, -0.2) is 0 Å². The summed E-state index contributed by atoms with van der Waals surface area (Å²) in [5, 5.41) is 34.1. The molecule has 0 aliphatic carbocycles. The number of hydrogen-bond acceptors (Lipinski definition) is 13. The minimum Gasteiger partial charge on any atom is -0.473 e. The van der Waals surface area contributed by atoms with Gasteiger partial charge in [0.25, 0.3) is 5.69 Å². The highest BCUT2D eigenvalue weighted by atomic mass is 35.5. The molecule has 0 spiro atoms. The first-order valence-electron chi connectivity index (χ1n) is 11.4. The van der Waals surface area contributed by atoms with Crippen molar-refractivity contribution in [1.82, 2.24) is 20.4 Å². The SMILES string of the molecule is Cc1ccc(OCNc2nnc(CCSCCc3nnc(N=COc4ccc([N+](=O)[O-])c(Cl)c4)s3)s2)cc1Cl. The van der Waals surface area contributed by atoms with Crippen LogP contribution in [-0.4, -0.2) is 50.0 Å². The molecule has 0 fully saturated rings. The van der Waals surface area contributed by atoms with Gasteiger partial charge in [0.05, 0.1) is 4.92 Å². The molecule has 11 nitrogen and oxygen atoms in total. The third-order valence-electron chi connectivity index (χ3n) is 4.92. The Morgan fingerprint density at radius 1 is 1.03 bits per heavy atom. The van der Waals surface area contributed by atoms with E-state index in [-0.39, 0.29) is 17.4 Å². The minimum atomic E-state index is -0.562. The number of thioether (sulfide) groups is 1. The number of nitro benzene ring substituents is 1. The first kappa shape index (κ1) is 29.0. The van der Waals surface area contributed by atoms with E-state index < -0.39 is 4.92 Å². The Labute approximate surface area is 245 Å². The molecule has 0 saturated heterocycles. The lowest BCUT2D eigenvalue weighted by Gasteiger charge is -2.07. The molecule has 0 radical (unpaired) electrons. The van der Waals surface area contributed by atoms with Gasteiger partial charge in [0, 0.05) is 30.0 Å². The van der Waals surface area contributed by atoms with E-state index in [0.29, 0.717) is 26.8 Å². The number of nitrogens with one attached hydrogen (secondary N) is 1. The van der Waals surface area contributed by atoms with Crippen molar-refractivity contribution in [3.8, 4) is 11.5 Å². The smallest absolute Gasteiger partial charge is 0.288 e. The predicted octanol–water partition coefficient (Wildman–Crippen LogP) is 6.62. The van der Waals surface area contributed by atoms with E-state index in [9.17, 15) is 10.1 Å². The van der Waals surface area contributed by atoms with E-state index in [0.717, 1.165) is 39.9 Å². The lowest BCUT2D eigenvalue weighted by Crippen LogP contribution is -2.08. The fourth-order valence-electron chi connectivity index (χ4n) is 2.93. The van der Waals surface area contributed by atoms with Crippen LogP contribution in [0.25, 0.3) is 0 Å². The molecule has 2 aromatic heterocycles. The molecule has 0 atom stereocenters. The van der Waals surface area contributed by atoms with Crippen LogP contribution in [0.1, 0.15) is 15.6 Å². The lowest BCUT2D eigenvalue weighted by molar-refractivity contribution is -0.384. The maximum Gasteiger partial charge on any atom is 0.288 e. The zero-order chi connectivity index (χ0) is 27.6. The third-order valence-corrected chi connectivity index (χ3v) is 8.44. The van der Waals surface area contributed by atoms with Crippen LogP contribution in [-0.2, 0) is 12.8 Å². The second kappa shape index (κ2) is 14.4. The Kier molecular flexibility index (Phi) is 10.7. The summed E-state index contributed by atoms with van der Waals surface area (Å²) < 4.78 is 11.0. The average Bonchev–Trinajstić information content (AvgIpc) is 3.55. The topological polar surface area (TPSA) is 138 Å². The molecular formula is C23H21Cl2N7O4S3. The van der Waals surface area contributed by atoms with E-state index >= 15 is 0 Å². The van der Waals surface area contributed by atoms with Gasteiger partial charge >= 0.3 is 0 Å². The summed E-state index contributed by atoms with van der Waals surface area (Å²) in [6, 6.07) is 9.63. The Balaban J connectivity index is 1.11. The normalized spacial score (nSPS) is 11.2. The molecular weight excluding hydrogens is 605 g/mol. The number of hydrogen-bond donors (Lipinski definition) is 1. The van der Waals surface area contributed by atoms with E-state index in [1.165, 1.54) is 47.3 Å². The fraction of sp³-hybridized carbons (Fsp3) is 0.261. The highest BCUT2D eigenvalue weighted by Crippen LogP contribution is 2.28. The van der Waals surface area contributed by atoms with Crippen LogP contribution in [0.4, 0.5) is 16.0 Å². The quantitative estimate of drug-likeness (QED) is 0.0406. The van der Waals surface area contributed by atoms with Crippen molar-refractivity contribution in [2.75, 3.05) is 23.6 Å². The molecule has 4 aromatic rings. The molecule has 1 N–H and O–H groups in total. The molecule has 39 heavy (non-hydrogen) atoms. The number of aromatic nitrogens is 4. The van der Waals surface area contributed by atoms with Crippen LogP contribution in [0.2, 0.25) is 10.0 Å². The number of halogens is 2. The number of rotatable bonds is 14. The van der Waals surface area contributed by atoms with Gasteiger partial charge in [-0.2, -0.15) is 16.8 Å². The van der Waals surface area contributed by atoms with Gasteiger partial charge in [-0.1, -0.05) is 51.9 Å². The highest BCUT2D eigenvalue weighted by molar-refractivity contribution is 7.99. The number of nitrogens with zero attached hydrogens (tertiary/aromatic N) is 6. The second-order valence-electron chi connectivity index (χ2n) is 7.69. The van der Waals surface area contributed by atoms with Crippen molar-refractivity contribution >= 4 is 80.0 Å². The van der Waals surface area contributed by atoms with Crippen LogP contribution in [0.3, 0.4) is 0 Å². The van der Waals surface area contributed by atoms with Crippen molar-refractivity contribution in [2.24, 2.45) is 4.99 Å². The Morgan fingerprint density at radius 2 is 1.74 bits per heavy atom. The molecule has 0 saturated carbocycles. The zero-order valence-electron chi connectivity index (χ0n) is 20.4. The van der Waals surface area contributed by atoms with Gasteiger partial charge < -0.3 is 14.8 Å². The van der Waals surface area contributed by atoms with Crippen LogP contribution < -0.4 is 14.8 Å². The summed E-state index contributed by atoms with van der Waals surface area (Å²) >= 11 is 16.6. The van der Waals surface area contributed by atoms with E-state index in [1.54, 1.807) is 17.8 Å². The Bertz CT molecular complexity index is 1450. The van der Waals surface area contributed by atoms with Crippen LogP contribution in [0, 0.1) is 17.0 Å². The van der Waals surface area contributed by atoms with Crippen molar-refractivity contribution in [3.63, 3.8) is 0 Å². The standard InChI is InChI=1S/C23H21Cl2N7O4S3/c1-14-2-3-15(10-17(14)24)35-12-26-22-30-28-20(38-22)6-8-37-9-7-21-29-31-23(39-21)27-13-36-16-4-5-19(32(33)34)18(25)11-16/h2-5,10-11,13H,6-9,12H2,1H3,(H,26,30). The number of aliphatic imine (C=N–C) groups is 1. The summed E-state index contributed by atoms with van der Waals surface area (Å²) in [6.07, 6.45) is 2.78. The molecule has 16 heteroatoms. The molecule has 2 aromatic carbocycles. The van der Waals surface area contributed by atoms with Crippen LogP contribution in [0.15, 0.2) is 41.4 Å². The number of aryl methyl sites for hydroxylation is 3. The highest BCUT2D eigenvalue weighted by Gasteiger charge is 2.12. The van der Waals surface area contributed by atoms with Gasteiger partial charge in [-0.3, -0.25) is 10.1 Å². The summed E-state index contributed by atoms with van der Waals surface area (Å²) in [7, 11) is 0. The maximum absolute atomic E-state index is 10.8. The van der Waals surface area contributed by atoms with Crippen molar-refractivity contribution in [1.29, 1.82) is 0 Å². The van der Waals surface area contributed by atoms with Crippen molar-refractivity contribution in [3.05, 3.63) is 72.1 Å². The monoisotopic (exact) mass is 625 g/mol. The van der Waals surface area contributed by atoms with Gasteiger partial charge in [0.1, 0.15) is 26.5 Å². The first-order chi connectivity index (χ1) is 18.9. The Morgan fingerprint density at radius 3 is 2.49 bits per heavy atom. The molecule has 204 valence electrons. The molecule has 0 aliphatic heterocycles. The van der Waals surface area contributed by atoms with Crippen molar-refractivity contribution in [2.45, 2.75) is 19.8 Å².